The molecule has 4 rings (SSSR count). The fraction of sp³-hybridized carbons (Fsp3) is 0.464. The first-order valence-corrected chi connectivity index (χ1v) is 12.9. The molecule has 0 saturated heterocycles. The molecule has 4 amide bonds. The van der Waals surface area contributed by atoms with Crippen LogP contribution in [-0.2, 0) is 27.3 Å². The lowest BCUT2D eigenvalue weighted by atomic mass is 9.80. The smallest absolute Gasteiger partial charge is 0.408 e. The van der Waals surface area contributed by atoms with Gasteiger partial charge in [-0.1, -0.05) is 43.5 Å². The number of benzene rings is 1. The van der Waals surface area contributed by atoms with E-state index in [0.717, 1.165) is 41.5 Å². The van der Waals surface area contributed by atoms with Crippen LogP contribution in [0, 0.1) is 0 Å². The number of aromatic nitrogens is 1. The van der Waals surface area contributed by atoms with E-state index < -0.39 is 35.1 Å². The summed E-state index contributed by atoms with van der Waals surface area (Å²) in [4.78, 5) is 54.3. The Bertz CT molecular complexity index is 1230. The van der Waals surface area contributed by atoms with E-state index in [0.29, 0.717) is 25.1 Å². The van der Waals surface area contributed by atoms with Crippen molar-refractivity contribution >= 4 is 23.8 Å². The number of amides is 4. The second-order valence-electron chi connectivity index (χ2n) is 11.0. The highest BCUT2D eigenvalue weighted by molar-refractivity contribution is 5.97. The Hall–Kier alpha value is -3.95. The molecule has 2 aliphatic rings. The monoisotopic (exact) mass is 521 g/mol. The van der Waals surface area contributed by atoms with E-state index in [9.17, 15) is 19.2 Å². The van der Waals surface area contributed by atoms with Gasteiger partial charge in [-0.2, -0.15) is 0 Å². The van der Waals surface area contributed by atoms with Crippen molar-refractivity contribution in [2.45, 2.75) is 83.0 Å². The first-order valence-electron chi connectivity index (χ1n) is 12.9. The van der Waals surface area contributed by atoms with Crippen LogP contribution in [0.4, 0.5) is 4.79 Å². The van der Waals surface area contributed by atoms with Crippen molar-refractivity contribution in [1.29, 1.82) is 0 Å². The highest BCUT2D eigenvalue weighted by Crippen LogP contribution is 2.29. The largest absolute Gasteiger partial charge is 0.444 e. The highest BCUT2D eigenvalue weighted by Gasteiger charge is 2.43. The third kappa shape index (κ3) is 6.30. The second-order valence-corrected chi connectivity index (χ2v) is 11.0. The van der Waals surface area contributed by atoms with E-state index in [1.807, 2.05) is 30.3 Å². The highest BCUT2D eigenvalue weighted by atomic mass is 16.6. The van der Waals surface area contributed by atoms with Crippen molar-refractivity contribution < 1.29 is 23.9 Å². The maximum Gasteiger partial charge on any atom is 0.408 e. The van der Waals surface area contributed by atoms with Crippen LogP contribution in [-0.4, -0.2) is 46.0 Å². The molecular formula is C28H35N5O5. The Morgan fingerprint density at radius 2 is 1.79 bits per heavy atom. The van der Waals surface area contributed by atoms with Crippen molar-refractivity contribution in [3.05, 3.63) is 53.3 Å². The van der Waals surface area contributed by atoms with Crippen LogP contribution in [0.25, 0.3) is 11.1 Å². The van der Waals surface area contributed by atoms with Gasteiger partial charge in [0, 0.05) is 30.3 Å². The van der Waals surface area contributed by atoms with Crippen molar-refractivity contribution in [1.82, 2.24) is 20.9 Å². The molecule has 2 aromatic rings. The molecular weight excluding hydrogens is 486 g/mol. The lowest BCUT2D eigenvalue weighted by Crippen LogP contribution is -2.63. The van der Waals surface area contributed by atoms with Crippen molar-refractivity contribution in [3.63, 3.8) is 0 Å². The molecule has 0 spiro atoms. The maximum absolute atomic E-state index is 13.5. The quantitative estimate of drug-likeness (QED) is 0.440. The average Bonchev–Trinajstić information content (AvgIpc) is 3.23. The third-order valence-electron chi connectivity index (χ3n) is 6.88. The maximum atomic E-state index is 13.5. The van der Waals surface area contributed by atoms with E-state index in [1.165, 1.54) is 0 Å². The van der Waals surface area contributed by atoms with Gasteiger partial charge < -0.3 is 26.4 Å². The summed E-state index contributed by atoms with van der Waals surface area (Å²) in [7, 11) is 0. The molecule has 1 atom stereocenters. The Morgan fingerprint density at radius 1 is 1.11 bits per heavy atom. The zero-order valence-corrected chi connectivity index (χ0v) is 22.1. The van der Waals surface area contributed by atoms with Gasteiger partial charge in [-0.05, 0) is 50.8 Å². The first kappa shape index (κ1) is 27.1. The van der Waals surface area contributed by atoms with Gasteiger partial charge in [0.2, 0.25) is 11.8 Å². The summed E-state index contributed by atoms with van der Waals surface area (Å²) in [6.45, 7) is 5.73. The Balaban J connectivity index is 1.45. The number of alkyl carbamates (subject to hydrolysis) is 1. The number of rotatable bonds is 7. The van der Waals surface area contributed by atoms with Gasteiger partial charge in [0.25, 0.3) is 5.91 Å². The van der Waals surface area contributed by atoms with Gasteiger partial charge in [-0.15, -0.1) is 0 Å². The molecule has 5 N–H and O–H groups in total. The summed E-state index contributed by atoms with van der Waals surface area (Å²) in [5.74, 6) is -1.26. The van der Waals surface area contributed by atoms with Crippen LogP contribution in [0.15, 0.2) is 36.5 Å². The number of carbonyl (C=O) groups is 4. The molecule has 1 aliphatic carbocycles. The molecule has 1 aromatic carbocycles. The Kier molecular flexibility index (Phi) is 7.71. The number of ether oxygens (including phenoxy) is 1. The van der Waals surface area contributed by atoms with Gasteiger partial charge in [-0.3, -0.25) is 19.4 Å². The number of fused-ring (bicyclic) bond motifs is 1. The Morgan fingerprint density at radius 3 is 2.42 bits per heavy atom. The zero-order chi connectivity index (χ0) is 27.5. The first-order chi connectivity index (χ1) is 18.0. The molecule has 1 aromatic heterocycles. The number of hydrogen-bond donors (Lipinski definition) is 4. The minimum absolute atomic E-state index is 0.169. The number of carbonyl (C=O) groups excluding carboxylic acids is 4. The number of pyridine rings is 1. The number of nitrogens with two attached hydrogens (primary N) is 1. The van der Waals surface area contributed by atoms with Crippen molar-refractivity contribution in [3.8, 4) is 11.1 Å². The summed E-state index contributed by atoms with van der Waals surface area (Å²) in [5, 5.41) is 8.33. The van der Waals surface area contributed by atoms with Gasteiger partial charge in [-0.25, -0.2) is 4.79 Å². The number of hydrogen-bond acceptors (Lipinski definition) is 6. The standard InChI is InChI=1S/C28H35N5O5/c1-27(2,3)38-26(37)33-28(11-5-4-6-12-28)25(36)32-21(23(29)34)13-17-7-9-18(10-8-17)19-14-20-16-31-24(35)22(20)30-15-19/h7-10,14-15,21H,4-6,11-13,16H2,1-3H3,(H2,29,34)(H,31,35)(H,32,36)(H,33,37). The van der Waals surface area contributed by atoms with E-state index in [-0.39, 0.29) is 12.3 Å². The minimum Gasteiger partial charge on any atom is -0.444 e. The summed E-state index contributed by atoms with van der Waals surface area (Å²) in [6, 6.07) is 8.51. The zero-order valence-electron chi connectivity index (χ0n) is 22.1. The molecule has 1 saturated carbocycles. The van der Waals surface area contributed by atoms with Gasteiger partial charge >= 0.3 is 6.09 Å². The fourth-order valence-electron chi connectivity index (χ4n) is 4.92. The molecule has 2 heterocycles. The minimum atomic E-state index is -1.16. The number of nitrogens with zero attached hydrogens (tertiary/aromatic N) is 1. The average molecular weight is 522 g/mol. The molecule has 10 nitrogen and oxygen atoms in total. The number of nitrogens with one attached hydrogen (secondary N) is 3. The predicted octanol–water partition coefficient (Wildman–Crippen LogP) is 2.73. The van der Waals surface area contributed by atoms with Gasteiger partial charge in [0.05, 0.1) is 0 Å². The van der Waals surface area contributed by atoms with Crippen molar-refractivity contribution in [2.75, 3.05) is 0 Å². The van der Waals surface area contributed by atoms with E-state index in [1.54, 1.807) is 27.0 Å². The van der Waals surface area contributed by atoms with Crippen LogP contribution in [0.3, 0.4) is 0 Å². The molecule has 1 aliphatic heterocycles. The predicted molar refractivity (Wildman–Crippen MR) is 141 cm³/mol. The molecule has 0 radical (unpaired) electrons. The molecule has 10 heteroatoms. The van der Waals surface area contributed by atoms with Crippen LogP contribution in [0.5, 0.6) is 0 Å². The third-order valence-corrected chi connectivity index (χ3v) is 6.88. The lowest BCUT2D eigenvalue weighted by Gasteiger charge is -2.37. The summed E-state index contributed by atoms with van der Waals surface area (Å²) in [6.07, 6.45) is 4.60. The van der Waals surface area contributed by atoms with Crippen LogP contribution in [0.1, 0.15) is 74.5 Å². The second kappa shape index (κ2) is 10.8. The normalized spacial score (nSPS) is 17.1. The van der Waals surface area contributed by atoms with Gasteiger partial charge in [0.1, 0.15) is 22.9 Å². The molecule has 0 bridgehead atoms. The molecule has 202 valence electrons. The summed E-state index contributed by atoms with van der Waals surface area (Å²) in [5.41, 5.74) is 7.69. The molecule has 1 fully saturated rings. The topological polar surface area (TPSA) is 153 Å². The number of primary amides is 1. The summed E-state index contributed by atoms with van der Waals surface area (Å²) >= 11 is 0. The van der Waals surface area contributed by atoms with Crippen LogP contribution >= 0.6 is 0 Å². The van der Waals surface area contributed by atoms with E-state index >= 15 is 0 Å². The fourth-order valence-corrected chi connectivity index (χ4v) is 4.92. The molecule has 1 unspecified atom stereocenters. The van der Waals surface area contributed by atoms with E-state index in [2.05, 4.69) is 20.9 Å². The van der Waals surface area contributed by atoms with E-state index in [4.69, 9.17) is 10.5 Å². The van der Waals surface area contributed by atoms with Gasteiger partial charge in [0.15, 0.2) is 0 Å². The lowest BCUT2D eigenvalue weighted by molar-refractivity contribution is -0.133. The Labute approximate surface area is 222 Å². The SMILES string of the molecule is CC(C)(C)OC(=O)NC1(C(=O)NC(Cc2ccc(-c3cnc4c(c3)CNC4=O)cc2)C(N)=O)CCCCC1. The van der Waals surface area contributed by atoms with Crippen molar-refractivity contribution in [2.24, 2.45) is 5.73 Å². The summed E-state index contributed by atoms with van der Waals surface area (Å²) < 4.78 is 5.39. The van der Waals surface area contributed by atoms with Crippen LogP contribution < -0.4 is 21.7 Å². The van der Waals surface area contributed by atoms with Crippen LogP contribution in [0.2, 0.25) is 0 Å². The molecule has 38 heavy (non-hydrogen) atoms.